The molecule has 0 bridgehead atoms. The molecule has 142 valence electrons. The van der Waals surface area contributed by atoms with Crippen molar-refractivity contribution >= 4 is 34.8 Å². The Labute approximate surface area is 157 Å². The first-order valence-electron chi connectivity index (χ1n) is 8.52. The smallest absolute Gasteiger partial charge is 0.331 e. The van der Waals surface area contributed by atoms with Gasteiger partial charge in [-0.15, -0.1) is 0 Å². The molecule has 27 heavy (non-hydrogen) atoms. The van der Waals surface area contributed by atoms with E-state index < -0.39 is 24.5 Å². The van der Waals surface area contributed by atoms with Crippen LogP contribution in [-0.2, 0) is 14.3 Å². The summed E-state index contributed by atoms with van der Waals surface area (Å²) < 4.78 is 10.0. The maximum Gasteiger partial charge on any atom is 0.331 e. The Morgan fingerprint density at radius 2 is 1.81 bits per heavy atom. The summed E-state index contributed by atoms with van der Waals surface area (Å²) in [6, 6.07) is 10.8. The molecule has 0 fully saturated rings. The molecule has 2 aromatic carbocycles. The Morgan fingerprint density at radius 3 is 2.56 bits per heavy atom. The van der Waals surface area contributed by atoms with Gasteiger partial charge in [0.25, 0.3) is 5.91 Å². The summed E-state index contributed by atoms with van der Waals surface area (Å²) in [5, 5.41) is 6.58. The molecule has 0 aromatic heterocycles. The molecule has 0 aliphatic heterocycles. The molecule has 0 heterocycles. The number of hydrogen-bond donors (Lipinski definition) is 2. The Morgan fingerprint density at radius 1 is 1.07 bits per heavy atom. The van der Waals surface area contributed by atoms with Crippen LogP contribution in [0, 0.1) is 0 Å². The molecule has 3 amide bonds. The SMILES string of the molecule is CCCNC(=O)NC(=O)COC(=O)/C=C/c1ccc2cc(OC)ccc2c1. The number of fused-ring (bicyclic) bond motifs is 1. The lowest BCUT2D eigenvalue weighted by molar-refractivity contribution is -0.143. The average molecular weight is 370 g/mol. The molecule has 0 atom stereocenters. The van der Waals surface area contributed by atoms with E-state index in [2.05, 4.69) is 10.6 Å². The van der Waals surface area contributed by atoms with E-state index in [0.717, 1.165) is 28.5 Å². The molecular formula is C20H22N2O5. The number of amides is 3. The maximum atomic E-state index is 11.7. The second-order valence-electron chi connectivity index (χ2n) is 5.72. The van der Waals surface area contributed by atoms with Crippen LogP contribution in [0.15, 0.2) is 42.5 Å². The van der Waals surface area contributed by atoms with E-state index >= 15 is 0 Å². The van der Waals surface area contributed by atoms with Gasteiger partial charge in [0, 0.05) is 12.6 Å². The first kappa shape index (κ1) is 20.0. The molecule has 0 aliphatic rings. The average Bonchev–Trinajstić information content (AvgIpc) is 2.68. The van der Waals surface area contributed by atoms with Crippen LogP contribution in [0.1, 0.15) is 18.9 Å². The zero-order valence-corrected chi connectivity index (χ0v) is 15.3. The van der Waals surface area contributed by atoms with Crippen LogP contribution in [0.2, 0.25) is 0 Å². The van der Waals surface area contributed by atoms with E-state index in [1.165, 1.54) is 6.08 Å². The normalized spacial score (nSPS) is 10.6. The van der Waals surface area contributed by atoms with Gasteiger partial charge < -0.3 is 14.8 Å². The van der Waals surface area contributed by atoms with Crippen molar-refractivity contribution in [3.8, 4) is 5.75 Å². The molecule has 0 aliphatic carbocycles. The number of rotatable bonds is 7. The minimum absolute atomic E-state index is 0.459. The van der Waals surface area contributed by atoms with Crippen molar-refractivity contribution in [3.63, 3.8) is 0 Å². The van der Waals surface area contributed by atoms with Gasteiger partial charge in [0.05, 0.1) is 7.11 Å². The fourth-order valence-electron chi connectivity index (χ4n) is 2.27. The monoisotopic (exact) mass is 370 g/mol. The van der Waals surface area contributed by atoms with Crippen molar-refractivity contribution < 1.29 is 23.9 Å². The topological polar surface area (TPSA) is 93.7 Å². The van der Waals surface area contributed by atoms with Gasteiger partial charge in [-0.2, -0.15) is 0 Å². The number of carbonyl (C=O) groups is 3. The molecule has 0 radical (unpaired) electrons. The summed E-state index contributed by atoms with van der Waals surface area (Å²) >= 11 is 0. The third-order valence-electron chi connectivity index (χ3n) is 3.62. The van der Waals surface area contributed by atoms with E-state index in [1.807, 2.05) is 43.3 Å². The van der Waals surface area contributed by atoms with Gasteiger partial charge in [-0.1, -0.05) is 25.1 Å². The summed E-state index contributed by atoms with van der Waals surface area (Å²) in [7, 11) is 1.61. The summed E-state index contributed by atoms with van der Waals surface area (Å²) in [6.45, 7) is 1.82. The zero-order chi connectivity index (χ0) is 19.6. The minimum atomic E-state index is -0.690. The quantitative estimate of drug-likeness (QED) is 0.577. The van der Waals surface area contributed by atoms with E-state index in [9.17, 15) is 14.4 Å². The molecule has 0 saturated carbocycles. The Balaban J connectivity index is 1.86. The van der Waals surface area contributed by atoms with Crippen molar-refractivity contribution in [1.29, 1.82) is 0 Å². The highest BCUT2D eigenvalue weighted by atomic mass is 16.5. The highest BCUT2D eigenvalue weighted by molar-refractivity contribution is 5.96. The number of urea groups is 1. The lowest BCUT2D eigenvalue weighted by atomic mass is 10.1. The highest BCUT2D eigenvalue weighted by Crippen LogP contribution is 2.22. The van der Waals surface area contributed by atoms with E-state index in [-0.39, 0.29) is 0 Å². The number of nitrogens with one attached hydrogen (secondary N) is 2. The minimum Gasteiger partial charge on any atom is -0.497 e. The third-order valence-corrected chi connectivity index (χ3v) is 3.62. The second kappa shape index (κ2) is 9.96. The molecule has 0 saturated heterocycles. The Bertz CT molecular complexity index is 861. The molecule has 2 N–H and O–H groups in total. The van der Waals surface area contributed by atoms with Gasteiger partial charge in [-0.25, -0.2) is 9.59 Å². The fourth-order valence-corrected chi connectivity index (χ4v) is 2.27. The van der Waals surface area contributed by atoms with Crippen molar-refractivity contribution in [3.05, 3.63) is 48.0 Å². The largest absolute Gasteiger partial charge is 0.497 e. The molecule has 7 nitrogen and oxygen atoms in total. The van der Waals surface area contributed by atoms with Gasteiger partial charge >= 0.3 is 12.0 Å². The van der Waals surface area contributed by atoms with Crippen LogP contribution in [0.4, 0.5) is 4.79 Å². The highest BCUT2D eigenvalue weighted by Gasteiger charge is 2.09. The van der Waals surface area contributed by atoms with Crippen LogP contribution < -0.4 is 15.4 Å². The summed E-state index contributed by atoms with van der Waals surface area (Å²) in [5.74, 6) is -0.588. The summed E-state index contributed by atoms with van der Waals surface area (Å²) in [5.41, 5.74) is 0.813. The van der Waals surface area contributed by atoms with E-state index in [1.54, 1.807) is 13.2 Å². The molecule has 2 rings (SSSR count). The zero-order valence-electron chi connectivity index (χ0n) is 15.3. The van der Waals surface area contributed by atoms with Crippen molar-refractivity contribution in [1.82, 2.24) is 10.6 Å². The van der Waals surface area contributed by atoms with Crippen LogP contribution >= 0.6 is 0 Å². The maximum absolute atomic E-state index is 11.7. The molecular weight excluding hydrogens is 348 g/mol. The standard InChI is InChI=1S/C20H22N2O5/c1-3-10-21-20(25)22-18(23)13-27-19(24)9-5-14-4-6-16-12-17(26-2)8-7-15(16)11-14/h4-9,11-12H,3,10,13H2,1-2H3,(H2,21,22,23,25)/b9-5+. The second-order valence-corrected chi connectivity index (χ2v) is 5.72. The number of ether oxygens (including phenoxy) is 2. The molecule has 0 unspecified atom stereocenters. The number of benzene rings is 2. The predicted octanol–water partition coefficient (Wildman–Crippen LogP) is 2.64. The summed E-state index contributed by atoms with van der Waals surface area (Å²) in [6.07, 6.45) is 3.58. The van der Waals surface area contributed by atoms with Crippen LogP contribution in [0.25, 0.3) is 16.8 Å². The Hall–Kier alpha value is -3.35. The van der Waals surface area contributed by atoms with Crippen LogP contribution in [0.3, 0.4) is 0 Å². The van der Waals surface area contributed by atoms with Gasteiger partial charge in [0.15, 0.2) is 6.61 Å². The fraction of sp³-hybridized carbons (Fsp3) is 0.250. The van der Waals surface area contributed by atoms with Crippen LogP contribution in [0.5, 0.6) is 5.75 Å². The van der Waals surface area contributed by atoms with Crippen molar-refractivity contribution in [2.24, 2.45) is 0 Å². The van der Waals surface area contributed by atoms with E-state index in [4.69, 9.17) is 9.47 Å². The first-order chi connectivity index (χ1) is 13.0. The number of methoxy groups -OCH3 is 1. The van der Waals surface area contributed by atoms with Gasteiger partial charge in [-0.05, 0) is 47.0 Å². The van der Waals surface area contributed by atoms with Gasteiger partial charge in [0.2, 0.25) is 0 Å². The van der Waals surface area contributed by atoms with Crippen LogP contribution in [-0.4, -0.2) is 38.2 Å². The van der Waals surface area contributed by atoms with Gasteiger partial charge in [-0.3, -0.25) is 10.1 Å². The predicted molar refractivity (Wildman–Crippen MR) is 102 cm³/mol. The molecule has 0 spiro atoms. The Kier molecular flexibility index (Phi) is 7.37. The van der Waals surface area contributed by atoms with E-state index in [0.29, 0.717) is 6.54 Å². The number of hydrogen-bond acceptors (Lipinski definition) is 5. The lowest BCUT2D eigenvalue weighted by Crippen LogP contribution is -2.41. The number of carbonyl (C=O) groups excluding carboxylic acids is 3. The third kappa shape index (κ3) is 6.47. The molecule has 7 heteroatoms. The van der Waals surface area contributed by atoms with Gasteiger partial charge in [0.1, 0.15) is 5.75 Å². The van der Waals surface area contributed by atoms with Crippen molar-refractivity contribution in [2.75, 3.05) is 20.3 Å². The lowest BCUT2D eigenvalue weighted by Gasteiger charge is -2.05. The molecule has 2 aromatic rings. The van der Waals surface area contributed by atoms with Crippen molar-refractivity contribution in [2.45, 2.75) is 13.3 Å². The number of esters is 1. The first-order valence-corrected chi connectivity index (χ1v) is 8.52. The number of imide groups is 1. The summed E-state index contributed by atoms with van der Waals surface area (Å²) in [4.78, 5) is 34.5.